The molecule has 0 radical (unpaired) electrons. The molecule has 0 bridgehead atoms. The standard InChI is InChI=1S/C21H20F3N5O/c1-15-18(14-26-29(15)17-5-3-2-4-6-17)20(30)28-11-9-27(10-12-28)19-8-7-16(13-25-19)21(22,23)24/h2-8,13-14H,9-12H2,1H3. The average Bonchev–Trinajstić information content (AvgIpc) is 3.15. The number of carbonyl (C=O) groups excluding carboxylic acids is 1. The lowest BCUT2D eigenvalue weighted by molar-refractivity contribution is -0.137. The highest BCUT2D eigenvalue weighted by molar-refractivity contribution is 5.95. The number of rotatable bonds is 3. The van der Waals surface area contributed by atoms with Gasteiger partial charge in [0.15, 0.2) is 0 Å². The molecular weight excluding hydrogens is 395 g/mol. The highest BCUT2D eigenvalue weighted by atomic mass is 19.4. The summed E-state index contributed by atoms with van der Waals surface area (Å²) in [5, 5.41) is 4.35. The fraction of sp³-hybridized carbons (Fsp3) is 0.286. The monoisotopic (exact) mass is 415 g/mol. The fourth-order valence-corrected chi connectivity index (χ4v) is 3.50. The summed E-state index contributed by atoms with van der Waals surface area (Å²) in [5.74, 6) is 0.373. The number of pyridine rings is 1. The Balaban J connectivity index is 1.42. The molecule has 9 heteroatoms. The van der Waals surface area contributed by atoms with Crippen LogP contribution in [0.25, 0.3) is 5.69 Å². The van der Waals surface area contributed by atoms with Crippen molar-refractivity contribution in [2.75, 3.05) is 31.1 Å². The van der Waals surface area contributed by atoms with E-state index in [1.54, 1.807) is 15.8 Å². The maximum Gasteiger partial charge on any atom is 0.417 e. The van der Waals surface area contributed by atoms with Crippen molar-refractivity contribution in [2.24, 2.45) is 0 Å². The van der Waals surface area contributed by atoms with E-state index in [9.17, 15) is 18.0 Å². The van der Waals surface area contributed by atoms with Crippen LogP contribution in [0.3, 0.4) is 0 Å². The van der Waals surface area contributed by atoms with E-state index in [-0.39, 0.29) is 5.91 Å². The lowest BCUT2D eigenvalue weighted by Crippen LogP contribution is -2.49. The van der Waals surface area contributed by atoms with Crippen molar-refractivity contribution in [2.45, 2.75) is 13.1 Å². The number of alkyl halides is 3. The Bertz CT molecular complexity index is 1020. The summed E-state index contributed by atoms with van der Waals surface area (Å²) in [6.07, 6.45) is -1.98. The third kappa shape index (κ3) is 3.87. The summed E-state index contributed by atoms with van der Waals surface area (Å²) in [7, 11) is 0. The SMILES string of the molecule is Cc1c(C(=O)N2CCN(c3ccc(C(F)(F)F)cn3)CC2)cnn1-c1ccccc1. The van der Waals surface area contributed by atoms with Gasteiger partial charge in [-0.2, -0.15) is 18.3 Å². The Morgan fingerprint density at radius 2 is 1.67 bits per heavy atom. The minimum absolute atomic E-state index is 0.102. The smallest absolute Gasteiger partial charge is 0.353 e. The van der Waals surface area contributed by atoms with E-state index in [4.69, 9.17) is 0 Å². The van der Waals surface area contributed by atoms with Gasteiger partial charge in [-0.1, -0.05) is 18.2 Å². The number of halogens is 3. The quantitative estimate of drug-likeness (QED) is 0.657. The van der Waals surface area contributed by atoms with E-state index in [1.165, 1.54) is 6.07 Å². The maximum atomic E-state index is 13.0. The van der Waals surface area contributed by atoms with Crippen LogP contribution in [0.2, 0.25) is 0 Å². The molecule has 30 heavy (non-hydrogen) atoms. The summed E-state index contributed by atoms with van der Waals surface area (Å²) < 4.78 is 39.8. The maximum absolute atomic E-state index is 13.0. The number of carbonyl (C=O) groups is 1. The highest BCUT2D eigenvalue weighted by Crippen LogP contribution is 2.29. The first-order chi connectivity index (χ1) is 14.3. The molecule has 156 valence electrons. The Morgan fingerprint density at radius 3 is 2.27 bits per heavy atom. The third-order valence-corrected chi connectivity index (χ3v) is 5.21. The Morgan fingerprint density at radius 1 is 0.967 bits per heavy atom. The number of nitrogens with zero attached hydrogens (tertiary/aromatic N) is 5. The molecule has 1 saturated heterocycles. The molecule has 4 rings (SSSR count). The summed E-state index contributed by atoms with van der Waals surface area (Å²) in [4.78, 5) is 20.5. The van der Waals surface area contributed by atoms with Gasteiger partial charge in [-0.05, 0) is 31.2 Å². The lowest BCUT2D eigenvalue weighted by Gasteiger charge is -2.35. The van der Waals surface area contributed by atoms with Crippen molar-refractivity contribution in [3.05, 3.63) is 71.7 Å². The second kappa shape index (κ2) is 7.81. The summed E-state index contributed by atoms with van der Waals surface area (Å²) in [6.45, 7) is 3.76. The molecule has 3 aromatic rings. The Kier molecular flexibility index (Phi) is 5.19. The molecule has 0 unspecified atom stereocenters. The molecule has 2 aromatic heterocycles. The largest absolute Gasteiger partial charge is 0.417 e. The van der Waals surface area contributed by atoms with Crippen molar-refractivity contribution in [3.63, 3.8) is 0 Å². The predicted octanol–water partition coefficient (Wildman–Crippen LogP) is 3.56. The topological polar surface area (TPSA) is 54.3 Å². The molecule has 1 aromatic carbocycles. The second-order valence-corrected chi connectivity index (χ2v) is 7.07. The summed E-state index contributed by atoms with van der Waals surface area (Å²) in [5.41, 5.74) is 1.41. The van der Waals surface area contributed by atoms with Crippen LogP contribution >= 0.6 is 0 Å². The molecule has 0 aliphatic carbocycles. The van der Waals surface area contributed by atoms with Crippen LogP contribution in [0.5, 0.6) is 0 Å². The first kappa shape index (κ1) is 19.9. The number of hydrogen-bond acceptors (Lipinski definition) is 4. The molecule has 0 spiro atoms. The van der Waals surface area contributed by atoms with Gasteiger partial charge in [0, 0.05) is 32.4 Å². The average molecular weight is 415 g/mol. The zero-order valence-electron chi connectivity index (χ0n) is 16.3. The molecule has 0 N–H and O–H groups in total. The van der Waals surface area contributed by atoms with E-state index in [1.807, 2.05) is 42.2 Å². The van der Waals surface area contributed by atoms with Gasteiger partial charge in [0.2, 0.25) is 0 Å². The van der Waals surface area contributed by atoms with Crippen LogP contribution in [-0.4, -0.2) is 51.8 Å². The van der Waals surface area contributed by atoms with Gasteiger partial charge in [0.1, 0.15) is 5.82 Å². The first-order valence-corrected chi connectivity index (χ1v) is 9.52. The number of amides is 1. The number of piperazine rings is 1. The third-order valence-electron chi connectivity index (χ3n) is 5.21. The van der Waals surface area contributed by atoms with E-state index in [0.717, 1.165) is 23.6 Å². The van der Waals surface area contributed by atoms with E-state index >= 15 is 0 Å². The van der Waals surface area contributed by atoms with Crippen LogP contribution in [0.4, 0.5) is 19.0 Å². The molecule has 6 nitrogen and oxygen atoms in total. The predicted molar refractivity (Wildman–Crippen MR) is 106 cm³/mol. The fourth-order valence-electron chi connectivity index (χ4n) is 3.50. The van der Waals surface area contributed by atoms with Crippen LogP contribution < -0.4 is 4.90 Å². The van der Waals surface area contributed by atoms with Gasteiger partial charge in [0.25, 0.3) is 5.91 Å². The van der Waals surface area contributed by atoms with Crippen LogP contribution in [0.1, 0.15) is 21.6 Å². The van der Waals surface area contributed by atoms with Crippen molar-refractivity contribution < 1.29 is 18.0 Å². The Hall–Kier alpha value is -3.36. The summed E-state index contributed by atoms with van der Waals surface area (Å²) >= 11 is 0. The highest BCUT2D eigenvalue weighted by Gasteiger charge is 2.31. The van der Waals surface area contributed by atoms with Gasteiger partial charge in [-0.15, -0.1) is 0 Å². The number of anilines is 1. The van der Waals surface area contributed by atoms with Crippen LogP contribution in [-0.2, 0) is 6.18 Å². The number of benzene rings is 1. The summed E-state index contributed by atoms with van der Waals surface area (Å²) in [6, 6.07) is 12.0. The second-order valence-electron chi connectivity index (χ2n) is 7.07. The lowest BCUT2D eigenvalue weighted by atomic mass is 10.2. The zero-order chi connectivity index (χ0) is 21.3. The van der Waals surface area contributed by atoms with Gasteiger partial charge in [0.05, 0.1) is 28.7 Å². The molecule has 0 saturated carbocycles. The van der Waals surface area contributed by atoms with Crippen molar-refractivity contribution >= 4 is 11.7 Å². The molecular formula is C21H20F3N5O. The molecule has 1 aliphatic heterocycles. The first-order valence-electron chi connectivity index (χ1n) is 9.52. The Labute approximate surface area is 171 Å². The van der Waals surface area contributed by atoms with Crippen molar-refractivity contribution in [1.29, 1.82) is 0 Å². The zero-order valence-corrected chi connectivity index (χ0v) is 16.3. The normalized spacial score (nSPS) is 14.8. The molecule has 0 atom stereocenters. The van der Waals surface area contributed by atoms with Crippen molar-refractivity contribution in [1.82, 2.24) is 19.7 Å². The van der Waals surface area contributed by atoms with E-state index in [2.05, 4.69) is 10.1 Å². The number of aromatic nitrogens is 3. The van der Waals surface area contributed by atoms with Gasteiger partial charge < -0.3 is 9.80 Å². The van der Waals surface area contributed by atoms with Gasteiger partial charge in [-0.25, -0.2) is 9.67 Å². The molecule has 3 heterocycles. The van der Waals surface area contributed by atoms with E-state index < -0.39 is 11.7 Å². The number of hydrogen-bond donors (Lipinski definition) is 0. The van der Waals surface area contributed by atoms with Crippen molar-refractivity contribution in [3.8, 4) is 5.69 Å². The van der Waals surface area contributed by atoms with Gasteiger partial charge in [-0.3, -0.25) is 4.79 Å². The molecule has 1 amide bonds. The van der Waals surface area contributed by atoms with E-state index in [0.29, 0.717) is 37.6 Å². The van der Waals surface area contributed by atoms with Crippen LogP contribution in [0.15, 0.2) is 54.9 Å². The molecule has 1 aliphatic rings. The minimum atomic E-state index is -4.40. The molecule has 1 fully saturated rings. The minimum Gasteiger partial charge on any atom is -0.353 e. The van der Waals surface area contributed by atoms with Gasteiger partial charge >= 0.3 is 6.18 Å². The number of para-hydroxylation sites is 1. The van der Waals surface area contributed by atoms with Crippen LogP contribution in [0, 0.1) is 6.92 Å².